The standard InChI is InChI=1S/C11H8N2O3/c14-9(3-4-10(15)16)8-6-13-11-7(8)2-1-5-12-11/h1-6H,(H,12,13)(H,15,16). The monoisotopic (exact) mass is 216 g/mol. The predicted octanol–water partition coefficient (Wildman–Crippen LogP) is 1.39. The Balaban J connectivity index is 2.40. The van der Waals surface area contributed by atoms with Gasteiger partial charge in [0.1, 0.15) is 5.65 Å². The van der Waals surface area contributed by atoms with E-state index < -0.39 is 5.97 Å². The lowest BCUT2D eigenvalue weighted by atomic mass is 10.1. The number of nitrogens with zero attached hydrogens (tertiary/aromatic N) is 1. The topological polar surface area (TPSA) is 83.0 Å². The van der Waals surface area contributed by atoms with E-state index in [0.29, 0.717) is 16.6 Å². The van der Waals surface area contributed by atoms with Gasteiger partial charge in [-0.3, -0.25) is 4.79 Å². The molecule has 0 aliphatic carbocycles. The quantitative estimate of drug-likeness (QED) is 0.599. The van der Waals surface area contributed by atoms with Crippen molar-refractivity contribution < 1.29 is 14.7 Å². The van der Waals surface area contributed by atoms with E-state index in [1.54, 1.807) is 18.3 Å². The largest absolute Gasteiger partial charge is 0.478 e. The summed E-state index contributed by atoms with van der Waals surface area (Å²) < 4.78 is 0. The maximum absolute atomic E-state index is 11.6. The summed E-state index contributed by atoms with van der Waals surface area (Å²) in [5.74, 6) is -1.51. The van der Waals surface area contributed by atoms with Crippen molar-refractivity contribution in [3.8, 4) is 0 Å². The number of hydrogen-bond acceptors (Lipinski definition) is 3. The van der Waals surface area contributed by atoms with Gasteiger partial charge in [0.25, 0.3) is 0 Å². The molecule has 2 N–H and O–H groups in total. The Morgan fingerprint density at radius 3 is 2.94 bits per heavy atom. The highest BCUT2D eigenvalue weighted by molar-refractivity contribution is 6.13. The first-order valence-corrected chi connectivity index (χ1v) is 4.56. The molecule has 5 nitrogen and oxygen atoms in total. The van der Waals surface area contributed by atoms with E-state index in [9.17, 15) is 9.59 Å². The summed E-state index contributed by atoms with van der Waals surface area (Å²) in [5, 5.41) is 9.10. The maximum atomic E-state index is 11.6. The lowest BCUT2D eigenvalue weighted by Crippen LogP contribution is -1.95. The number of H-pyrrole nitrogens is 1. The summed E-state index contributed by atoms with van der Waals surface area (Å²) in [4.78, 5) is 28.8. The van der Waals surface area contributed by atoms with Gasteiger partial charge in [0, 0.05) is 29.4 Å². The molecule has 0 aliphatic rings. The minimum atomic E-state index is -1.15. The normalized spacial score (nSPS) is 11.0. The van der Waals surface area contributed by atoms with E-state index in [2.05, 4.69) is 9.97 Å². The highest BCUT2D eigenvalue weighted by Gasteiger charge is 2.09. The average molecular weight is 216 g/mol. The van der Waals surface area contributed by atoms with Crippen molar-refractivity contribution in [1.82, 2.24) is 9.97 Å². The van der Waals surface area contributed by atoms with E-state index >= 15 is 0 Å². The number of pyridine rings is 1. The third kappa shape index (κ3) is 1.83. The SMILES string of the molecule is O=C(O)C=CC(=O)c1c[nH]c2ncccc12. The molecule has 0 spiro atoms. The van der Waals surface area contributed by atoms with Crippen LogP contribution in [0.25, 0.3) is 11.0 Å². The van der Waals surface area contributed by atoms with E-state index in [0.717, 1.165) is 12.2 Å². The molecule has 0 atom stereocenters. The van der Waals surface area contributed by atoms with Crippen LogP contribution in [0.1, 0.15) is 10.4 Å². The number of carbonyl (C=O) groups is 2. The summed E-state index contributed by atoms with van der Waals surface area (Å²) in [7, 11) is 0. The first kappa shape index (κ1) is 10.1. The summed E-state index contributed by atoms with van der Waals surface area (Å²) in [5.41, 5.74) is 1.02. The van der Waals surface area contributed by atoms with Gasteiger partial charge in [0.2, 0.25) is 0 Å². The number of carboxylic acids is 1. The Labute approximate surface area is 90.4 Å². The molecule has 0 saturated heterocycles. The van der Waals surface area contributed by atoms with Crippen LogP contribution in [0.3, 0.4) is 0 Å². The number of allylic oxidation sites excluding steroid dienone is 1. The molecule has 0 fully saturated rings. The molecule has 0 radical (unpaired) electrons. The zero-order valence-corrected chi connectivity index (χ0v) is 8.18. The molecule has 2 rings (SSSR count). The number of aliphatic carboxylic acids is 1. The fourth-order valence-electron chi connectivity index (χ4n) is 1.40. The number of carbonyl (C=O) groups excluding carboxylic acids is 1. The number of ketones is 1. The zero-order chi connectivity index (χ0) is 11.5. The van der Waals surface area contributed by atoms with Crippen molar-refractivity contribution in [3.63, 3.8) is 0 Å². The number of fused-ring (bicyclic) bond motifs is 1. The van der Waals surface area contributed by atoms with Crippen LogP contribution in [-0.2, 0) is 4.79 Å². The second kappa shape index (κ2) is 3.98. The highest BCUT2D eigenvalue weighted by Crippen LogP contribution is 2.16. The van der Waals surface area contributed by atoms with Crippen molar-refractivity contribution in [2.24, 2.45) is 0 Å². The van der Waals surface area contributed by atoms with Crippen molar-refractivity contribution in [2.45, 2.75) is 0 Å². The summed E-state index contributed by atoms with van der Waals surface area (Å²) in [6.45, 7) is 0. The average Bonchev–Trinajstić information content (AvgIpc) is 2.69. The lowest BCUT2D eigenvalue weighted by molar-refractivity contribution is -0.131. The van der Waals surface area contributed by atoms with E-state index in [-0.39, 0.29) is 5.78 Å². The van der Waals surface area contributed by atoms with E-state index in [1.165, 1.54) is 6.20 Å². The second-order valence-electron chi connectivity index (χ2n) is 3.14. The van der Waals surface area contributed by atoms with Crippen LogP contribution in [0.2, 0.25) is 0 Å². The predicted molar refractivity (Wildman–Crippen MR) is 57.2 cm³/mol. The van der Waals surface area contributed by atoms with Crippen molar-refractivity contribution >= 4 is 22.8 Å². The van der Waals surface area contributed by atoms with Crippen LogP contribution in [0.5, 0.6) is 0 Å². The summed E-state index contributed by atoms with van der Waals surface area (Å²) >= 11 is 0. The van der Waals surface area contributed by atoms with E-state index in [4.69, 9.17) is 5.11 Å². The van der Waals surface area contributed by atoms with Gasteiger partial charge in [0.15, 0.2) is 5.78 Å². The molecule has 2 aromatic rings. The Bertz CT molecular complexity index is 584. The third-order valence-corrected chi connectivity index (χ3v) is 2.09. The van der Waals surface area contributed by atoms with Gasteiger partial charge in [-0.1, -0.05) is 0 Å². The Morgan fingerprint density at radius 2 is 2.19 bits per heavy atom. The highest BCUT2D eigenvalue weighted by atomic mass is 16.4. The van der Waals surface area contributed by atoms with Crippen LogP contribution < -0.4 is 0 Å². The molecule has 0 aliphatic heterocycles. The van der Waals surface area contributed by atoms with Crippen LogP contribution in [0, 0.1) is 0 Å². The van der Waals surface area contributed by atoms with Crippen LogP contribution in [0.4, 0.5) is 0 Å². The van der Waals surface area contributed by atoms with Crippen LogP contribution >= 0.6 is 0 Å². The van der Waals surface area contributed by atoms with Crippen LogP contribution in [-0.4, -0.2) is 26.8 Å². The van der Waals surface area contributed by atoms with Crippen molar-refractivity contribution in [1.29, 1.82) is 0 Å². The molecule has 2 aromatic heterocycles. The zero-order valence-electron chi connectivity index (χ0n) is 8.18. The first-order chi connectivity index (χ1) is 7.68. The Morgan fingerprint density at radius 1 is 1.38 bits per heavy atom. The minimum Gasteiger partial charge on any atom is -0.478 e. The summed E-state index contributed by atoms with van der Waals surface area (Å²) in [6, 6.07) is 3.47. The van der Waals surface area contributed by atoms with Gasteiger partial charge in [-0.25, -0.2) is 9.78 Å². The van der Waals surface area contributed by atoms with Gasteiger partial charge < -0.3 is 10.1 Å². The molecule has 0 amide bonds. The molecule has 80 valence electrons. The smallest absolute Gasteiger partial charge is 0.328 e. The number of nitrogens with one attached hydrogen (secondary N) is 1. The molecule has 2 heterocycles. The minimum absolute atomic E-state index is 0.360. The second-order valence-corrected chi connectivity index (χ2v) is 3.14. The number of hydrogen-bond donors (Lipinski definition) is 2. The molecule has 0 unspecified atom stereocenters. The molecule has 0 aromatic carbocycles. The first-order valence-electron chi connectivity index (χ1n) is 4.56. The molecule has 0 bridgehead atoms. The van der Waals surface area contributed by atoms with Crippen molar-refractivity contribution in [2.75, 3.05) is 0 Å². The molecule has 5 heteroatoms. The van der Waals surface area contributed by atoms with Gasteiger partial charge in [-0.15, -0.1) is 0 Å². The molecular formula is C11H8N2O3. The van der Waals surface area contributed by atoms with Crippen molar-refractivity contribution in [3.05, 3.63) is 42.2 Å². The van der Waals surface area contributed by atoms with Gasteiger partial charge in [-0.2, -0.15) is 0 Å². The fourth-order valence-corrected chi connectivity index (χ4v) is 1.40. The third-order valence-electron chi connectivity index (χ3n) is 2.09. The maximum Gasteiger partial charge on any atom is 0.328 e. The Kier molecular flexibility index (Phi) is 2.51. The fraction of sp³-hybridized carbons (Fsp3) is 0. The van der Waals surface area contributed by atoms with Gasteiger partial charge in [0.05, 0.1) is 0 Å². The Hall–Kier alpha value is -2.43. The lowest BCUT2D eigenvalue weighted by Gasteiger charge is -1.91. The van der Waals surface area contributed by atoms with Gasteiger partial charge in [-0.05, 0) is 18.2 Å². The van der Waals surface area contributed by atoms with E-state index in [1.807, 2.05) is 0 Å². The molecule has 0 saturated carbocycles. The number of rotatable bonds is 3. The van der Waals surface area contributed by atoms with Gasteiger partial charge >= 0.3 is 5.97 Å². The summed E-state index contributed by atoms with van der Waals surface area (Å²) in [6.07, 6.45) is 4.97. The number of aromatic nitrogens is 2. The number of carboxylic acid groups (broad SMARTS) is 1. The molecular weight excluding hydrogens is 208 g/mol. The van der Waals surface area contributed by atoms with Crippen LogP contribution in [0.15, 0.2) is 36.7 Å². The molecule has 16 heavy (non-hydrogen) atoms. The number of aromatic amines is 1.